The first kappa shape index (κ1) is 20.4. The van der Waals surface area contributed by atoms with Crippen LogP contribution in [0.5, 0.6) is 0 Å². The van der Waals surface area contributed by atoms with Crippen molar-refractivity contribution < 1.29 is 9.53 Å². The molecule has 0 saturated heterocycles. The zero-order valence-electron chi connectivity index (χ0n) is 15.9. The molecule has 0 aromatic heterocycles. The van der Waals surface area contributed by atoms with E-state index in [1.54, 1.807) is 0 Å². The van der Waals surface area contributed by atoms with Crippen LogP contribution in [0.25, 0.3) is 0 Å². The van der Waals surface area contributed by atoms with Crippen LogP contribution in [0, 0.1) is 10.8 Å². The number of carbonyl (C=O) groups excluding carboxylic acids is 1. The Morgan fingerprint density at radius 1 is 0.905 bits per heavy atom. The van der Waals surface area contributed by atoms with Crippen LogP contribution in [0.3, 0.4) is 0 Å². The number of hydrogen-bond acceptors (Lipinski definition) is 2. The minimum Gasteiger partial charge on any atom is -0.370 e. The molecule has 0 aliphatic rings. The first-order valence-corrected chi connectivity index (χ1v) is 7.98. The summed E-state index contributed by atoms with van der Waals surface area (Å²) in [6, 6.07) is 0. The van der Waals surface area contributed by atoms with Crippen molar-refractivity contribution in [3.8, 4) is 0 Å². The lowest BCUT2D eigenvalue weighted by Crippen LogP contribution is -2.43. The Morgan fingerprint density at radius 2 is 1.38 bits per heavy atom. The SMILES string of the molecule is CC(C)(C)CC(=O)NCC(C)(C)CC(C)(C)OC(C)(C)C. The first-order valence-electron chi connectivity index (χ1n) is 7.98. The Kier molecular flexibility index (Phi) is 6.50. The molecule has 0 rings (SSSR count). The third-order valence-corrected chi connectivity index (χ3v) is 2.94. The van der Waals surface area contributed by atoms with Gasteiger partial charge in [-0.05, 0) is 51.9 Å². The van der Waals surface area contributed by atoms with Gasteiger partial charge in [-0.25, -0.2) is 0 Å². The number of hydrogen-bond donors (Lipinski definition) is 1. The van der Waals surface area contributed by atoms with Crippen LogP contribution in [0.2, 0.25) is 0 Å². The standard InChI is InChI=1S/C18H37NO2/c1-15(2,3)11-14(20)19-13-17(7,8)12-18(9,10)21-16(4,5)6/h11-13H2,1-10H3,(H,19,20). The Labute approximate surface area is 132 Å². The fraction of sp³-hybridized carbons (Fsp3) is 0.944. The van der Waals surface area contributed by atoms with Crippen LogP contribution in [0.1, 0.15) is 82.1 Å². The normalized spacial score (nSPS) is 14.2. The number of ether oxygens (including phenoxy) is 1. The second-order valence-electron chi connectivity index (χ2n) is 9.83. The van der Waals surface area contributed by atoms with E-state index < -0.39 is 0 Å². The molecule has 0 bridgehead atoms. The Balaban J connectivity index is 4.47. The minimum absolute atomic E-state index is 0.00228. The highest BCUT2D eigenvalue weighted by Crippen LogP contribution is 2.32. The van der Waals surface area contributed by atoms with Gasteiger partial charge in [0.15, 0.2) is 0 Å². The van der Waals surface area contributed by atoms with E-state index >= 15 is 0 Å². The zero-order valence-corrected chi connectivity index (χ0v) is 15.9. The molecule has 0 heterocycles. The van der Waals surface area contributed by atoms with Crippen molar-refractivity contribution in [3.63, 3.8) is 0 Å². The van der Waals surface area contributed by atoms with E-state index in [0.29, 0.717) is 13.0 Å². The van der Waals surface area contributed by atoms with Crippen LogP contribution in [0.15, 0.2) is 0 Å². The summed E-state index contributed by atoms with van der Waals surface area (Å²) in [5.41, 5.74) is -0.337. The lowest BCUT2D eigenvalue weighted by Gasteiger charge is -2.39. The third kappa shape index (κ3) is 11.7. The van der Waals surface area contributed by atoms with Gasteiger partial charge in [-0.15, -0.1) is 0 Å². The van der Waals surface area contributed by atoms with Gasteiger partial charge in [-0.1, -0.05) is 34.6 Å². The van der Waals surface area contributed by atoms with E-state index in [4.69, 9.17) is 4.74 Å². The summed E-state index contributed by atoms with van der Waals surface area (Å²) in [5, 5.41) is 3.07. The van der Waals surface area contributed by atoms with Crippen molar-refractivity contribution in [1.82, 2.24) is 5.32 Å². The maximum Gasteiger partial charge on any atom is 0.220 e. The summed E-state index contributed by atoms with van der Waals surface area (Å²) in [5.74, 6) is 0.130. The van der Waals surface area contributed by atoms with Crippen molar-refractivity contribution in [1.29, 1.82) is 0 Å². The Hall–Kier alpha value is -0.570. The van der Waals surface area contributed by atoms with Gasteiger partial charge in [0.1, 0.15) is 0 Å². The average Bonchev–Trinajstić information content (AvgIpc) is 2.05. The van der Waals surface area contributed by atoms with Crippen molar-refractivity contribution in [2.45, 2.75) is 93.3 Å². The number of carbonyl (C=O) groups is 1. The van der Waals surface area contributed by atoms with Gasteiger partial charge in [-0.3, -0.25) is 4.79 Å². The highest BCUT2D eigenvalue weighted by Gasteiger charge is 2.33. The summed E-state index contributed by atoms with van der Waals surface area (Å²) >= 11 is 0. The van der Waals surface area contributed by atoms with Gasteiger partial charge in [-0.2, -0.15) is 0 Å². The monoisotopic (exact) mass is 299 g/mol. The summed E-state index contributed by atoms with van der Waals surface area (Å²) in [7, 11) is 0. The molecule has 3 nitrogen and oxygen atoms in total. The molecule has 0 aromatic carbocycles. The topological polar surface area (TPSA) is 38.3 Å². The maximum absolute atomic E-state index is 12.0. The van der Waals surface area contributed by atoms with Crippen LogP contribution in [-0.4, -0.2) is 23.7 Å². The smallest absolute Gasteiger partial charge is 0.220 e. The lowest BCUT2D eigenvalue weighted by atomic mass is 9.81. The number of rotatable bonds is 6. The van der Waals surface area contributed by atoms with E-state index in [1.165, 1.54) is 0 Å². The molecule has 0 aliphatic heterocycles. The van der Waals surface area contributed by atoms with Crippen molar-refractivity contribution >= 4 is 5.91 Å². The van der Waals surface area contributed by atoms with Crippen LogP contribution in [-0.2, 0) is 9.53 Å². The average molecular weight is 299 g/mol. The van der Waals surface area contributed by atoms with Crippen LogP contribution < -0.4 is 5.32 Å². The van der Waals surface area contributed by atoms with Crippen molar-refractivity contribution in [2.75, 3.05) is 6.54 Å². The molecule has 0 radical (unpaired) electrons. The highest BCUT2D eigenvalue weighted by molar-refractivity contribution is 5.76. The predicted octanol–water partition coefficient (Wildman–Crippen LogP) is 4.55. The van der Waals surface area contributed by atoms with Crippen molar-refractivity contribution in [3.05, 3.63) is 0 Å². The molecular formula is C18H37NO2. The molecule has 3 heteroatoms. The van der Waals surface area contributed by atoms with E-state index in [-0.39, 0.29) is 27.9 Å². The Morgan fingerprint density at radius 3 is 1.76 bits per heavy atom. The fourth-order valence-electron chi connectivity index (χ4n) is 2.96. The molecule has 0 aliphatic carbocycles. The molecule has 0 unspecified atom stereocenters. The van der Waals surface area contributed by atoms with E-state index in [0.717, 1.165) is 6.42 Å². The third-order valence-electron chi connectivity index (χ3n) is 2.94. The molecule has 0 aromatic rings. The first-order chi connectivity index (χ1) is 9.02. The molecule has 1 N–H and O–H groups in total. The predicted molar refractivity (Wildman–Crippen MR) is 90.4 cm³/mol. The van der Waals surface area contributed by atoms with Gasteiger partial charge in [0.25, 0.3) is 0 Å². The van der Waals surface area contributed by atoms with E-state index in [1.807, 2.05) is 0 Å². The summed E-state index contributed by atoms with van der Waals surface area (Å²) < 4.78 is 6.14. The van der Waals surface area contributed by atoms with Crippen LogP contribution in [0.4, 0.5) is 0 Å². The molecule has 0 atom stereocenters. The van der Waals surface area contributed by atoms with Gasteiger partial charge in [0, 0.05) is 13.0 Å². The molecular weight excluding hydrogens is 262 g/mol. The lowest BCUT2D eigenvalue weighted by molar-refractivity contribution is -0.131. The number of nitrogens with one attached hydrogen (secondary N) is 1. The molecule has 0 saturated carbocycles. The second kappa shape index (κ2) is 6.68. The van der Waals surface area contributed by atoms with Gasteiger partial charge < -0.3 is 10.1 Å². The van der Waals surface area contributed by atoms with Crippen LogP contribution >= 0.6 is 0 Å². The van der Waals surface area contributed by atoms with Gasteiger partial charge >= 0.3 is 0 Å². The molecule has 1 amide bonds. The summed E-state index contributed by atoms with van der Waals surface area (Å²) in [6.45, 7) is 21.8. The largest absolute Gasteiger partial charge is 0.370 e. The maximum atomic E-state index is 12.0. The van der Waals surface area contributed by atoms with E-state index in [2.05, 4.69) is 74.6 Å². The molecule has 126 valence electrons. The van der Waals surface area contributed by atoms with E-state index in [9.17, 15) is 4.79 Å². The second-order valence-corrected chi connectivity index (χ2v) is 9.83. The van der Waals surface area contributed by atoms with Crippen molar-refractivity contribution in [2.24, 2.45) is 10.8 Å². The van der Waals surface area contributed by atoms with Gasteiger partial charge in [0.05, 0.1) is 11.2 Å². The minimum atomic E-state index is -0.212. The molecule has 21 heavy (non-hydrogen) atoms. The zero-order chi connectivity index (χ0) is 17.1. The fourth-order valence-corrected chi connectivity index (χ4v) is 2.96. The molecule has 0 spiro atoms. The Bertz CT molecular complexity index is 343. The quantitative estimate of drug-likeness (QED) is 0.781. The summed E-state index contributed by atoms with van der Waals surface area (Å²) in [4.78, 5) is 12.0. The molecule has 0 fully saturated rings. The van der Waals surface area contributed by atoms with Gasteiger partial charge in [0.2, 0.25) is 5.91 Å². The summed E-state index contributed by atoms with van der Waals surface area (Å²) in [6.07, 6.45) is 1.46. The number of amides is 1. The highest BCUT2D eigenvalue weighted by atomic mass is 16.5.